The molecule has 2 heterocycles. The molecule has 5 heteroatoms. The number of aliphatic hydroxyl groups is 1. The second-order valence-corrected chi connectivity index (χ2v) is 4.55. The summed E-state index contributed by atoms with van der Waals surface area (Å²) in [5.74, 6) is 0.792. The predicted molar refractivity (Wildman–Crippen MR) is 79.3 cm³/mol. The van der Waals surface area contributed by atoms with Crippen molar-refractivity contribution in [2.45, 2.75) is 6.61 Å². The summed E-state index contributed by atoms with van der Waals surface area (Å²) in [6.07, 6.45) is 5.27. The third-order valence-corrected chi connectivity index (χ3v) is 3.23. The van der Waals surface area contributed by atoms with Gasteiger partial charge in [-0.25, -0.2) is 4.68 Å². The first-order chi connectivity index (χ1) is 10.3. The molecule has 0 radical (unpaired) electrons. The molecule has 0 saturated heterocycles. The number of benzene rings is 1. The Labute approximate surface area is 122 Å². The summed E-state index contributed by atoms with van der Waals surface area (Å²) in [6.45, 7) is -0.0691. The second kappa shape index (κ2) is 5.76. The van der Waals surface area contributed by atoms with E-state index in [1.165, 1.54) is 0 Å². The number of aromatic nitrogens is 3. The number of ether oxygens (including phenoxy) is 1. The van der Waals surface area contributed by atoms with Crippen LogP contribution in [-0.4, -0.2) is 27.0 Å². The van der Waals surface area contributed by atoms with Gasteiger partial charge in [0, 0.05) is 29.7 Å². The van der Waals surface area contributed by atoms with Gasteiger partial charge in [-0.3, -0.25) is 4.98 Å². The second-order valence-electron chi connectivity index (χ2n) is 4.55. The lowest BCUT2D eigenvalue weighted by atomic mass is 10.1. The highest BCUT2D eigenvalue weighted by Gasteiger charge is 2.11. The molecular formula is C16H15N3O2. The van der Waals surface area contributed by atoms with Crippen molar-refractivity contribution in [3.05, 3.63) is 60.6 Å². The molecule has 0 unspecified atom stereocenters. The van der Waals surface area contributed by atoms with Crippen LogP contribution in [0.3, 0.4) is 0 Å². The lowest BCUT2D eigenvalue weighted by molar-refractivity contribution is 0.282. The Morgan fingerprint density at radius 1 is 1.19 bits per heavy atom. The molecule has 1 aromatic carbocycles. The molecule has 106 valence electrons. The van der Waals surface area contributed by atoms with E-state index >= 15 is 0 Å². The van der Waals surface area contributed by atoms with Gasteiger partial charge in [0.1, 0.15) is 5.75 Å². The maximum Gasteiger partial charge on any atom is 0.119 e. The lowest BCUT2D eigenvalue weighted by Crippen LogP contribution is -1.95. The van der Waals surface area contributed by atoms with Crippen LogP contribution in [-0.2, 0) is 6.61 Å². The molecule has 0 aliphatic rings. The minimum atomic E-state index is -0.0691. The fourth-order valence-corrected chi connectivity index (χ4v) is 2.14. The Morgan fingerprint density at radius 2 is 2.00 bits per heavy atom. The number of methoxy groups -OCH3 is 1. The first kappa shape index (κ1) is 13.3. The maximum absolute atomic E-state index is 9.53. The molecule has 0 amide bonds. The molecule has 3 aromatic rings. The number of nitrogens with zero attached hydrogens (tertiary/aromatic N) is 3. The van der Waals surface area contributed by atoms with E-state index in [0.717, 1.165) is 28.3 Å². The highest BCUT2D eigenvalue weighted by atomic mass is 16.5. The summed E-state index contributed by atoms with van der Waals surface area (Å²) >= 11 is 0. The van der Waals surface area contributed by atoms with E-state index in [-0.39, 0.29) is 6.61 Å². The topological polar surface area (TPSA) is 60.2 Å². The van der Waals surface area contributed by atoms with Crippen LogP contribution in [0.5, 0.6) is 5.75 Å². The molecule has 5 nitrogen and oxygen atoms in total. The van der Waals surface area contributed by atoms with Gasteiger partial charge in [-0.15, -0.1) is 0 Å². The Bertz CT molecular complexity index is 721. The maximum atomic E-state index is 9.53. The Hall–Kier alpha value is -2.66. The van der Waals surface area contributed by atoms with Crippen molar-refractivity contribution in [1.82, 2.24) is 14.8 Å². The molecule has 0 spiro atoms. The van der Waals surface area contributed by atoms with Gasteiger partial charge in [-0.1, -0.05) is 0 Å². The number of rotatable bonds is 4. The quantitative estimate of drug-likeness (QED) is 0.798. The molecule has 2 aromatic heterocycles. The molecule has 0 saturated carbocycles. The average molecular weight is 281 g/mol. The van der Waals surface area contributed by atoms with Crippen LogP contribution in [0.4, 0.5) is 0 Å². The smallest absolute Gasteiger partial charge is 0.119 e. The Balaban J connectivity index is 2.02. The van der Waals surface area contributed by atoms with Gasteiger partial charge >= 0.3 is 0 Å². The number of hydrogen-bond donors (Lipinski definition) is 1. The number of pyridine rings is 1. The standard InChI is InChI=1S/C16H15N3O2/c1-21-15-6-4-14(5-7-15)19-10-13(11-20)16(18-19)12-3-2-8-17-9-12/h2-10,20H,11H2,1H3. The fraction of sp³-hybridized carbons (Fsp3) is 0.125. The minimum Gasteiger partial charge on any atom is -0.497 e. The SMILES string of the molecule is COc1ccc(-n2cc(CO)c(-c3cccnc3)n2)cc1. The van der Waals surface area contributed by atoms with Crippen molar-refractivity contribution in [2.24, 2.45) is 0 Å². The molecular weight excluding hydrogens is 266 g/mol. The van der Waals surface area contributed by atoms with Crippen LogP contribution in [0.15, 0.2) is 55.0 Å². The molecule has 0 aliphatic heterocycles. The normalized spacial score (nSPS) is 10.6. The summed E-state index contributed by atoms with van der Waals surface area (Å²) < 4.78 is 6.89. The summed E-state index contributed by atoms with van der Waals surface area (Å²) in [5, 5.41) is 14.1. The first-order valence-corrected chi connectivity index (χ1v) is 6.56. The van der Waals surface area contributed by atoms with E-state index in [4.69, 9.17) is 4.74 Å². The molecule has 0 atom stereocenters. The first-order valence-electron chi connectivity index (χ1n) is 6.56. The number of hydrogen-bond acceptors (Lipinski definition) is 4. The van der Waals surface area contributed by atoms with Crippen LogP contribution in [0, 0.1) is 0 Å². The van der Waals surface area contributed by atoms with Crippen molar-refractivity contribution in [3.63, 3.8) is 0 Å². The summed E-state index contributed by atoms with van der Waals surface area (Å²) in [6, 6.07) is 11.4. The molecule has 0 fully saturated rings. The van der Waals surface area contributed by atoms with Crippen LogP contribution < -0.4 is 4.74 Å². The zero-order valence-electron chi connectivity index (χ0n) is 11.6. The van der Waals surface area contributed by atoms with Crippen molar-refractivity contribution < 1.29 is 9.84 Å². The van der Waals surface area contributed by atoms with E-state index in [1.54, 1.807) is 24.2 Å². The molecule has 0 bridgehead atoms. The predicted octanol–water partition coefficient (Wildman–Crippen LogP) is 2.44. The summed E-state index contributed by atoms with van der Waals surface area (Å²) in [4.78, 5) is 4.09. The summed E-state index contributed by atoms with van der Waals surface area (Å²) in [5.41, 5.74) is 3.29. The van der Waals surface area contributed by atoms with Crippen LogP contribution >= 0.6 is 0 Å². The largest absolute Gasteiger partial charge is 0.497 e. The van der Waals surface area contributed by atoms with Crippen LogP contribution in [0.25, 0.3) is 16.9 Å². The van der Waals surface area contributed by atoms with E-state index in [1.807, 2.05) is 42.6 Å². The van der Waals surface area contributed by atoms with Gasteiger partial charge < -0.3 is 9.84 Å². The van der Waals surface area contributed by atoms with Crippen molar-refractivity contribution in [1.29, 1.82) is 0 Å². The van der Waals surface area contributed by atoms with Gasteiger partial charge in [0.2, 0.25) is 0 Å². The van der Waals surface area contributed by atoms with E-state index in [0.29, 0.717) is 0 Å². The highest BCUT2D eigenvalue weighted by Crippen LogP contribution is 2.23. The number of aliphatic hydroxyl groups excluding tert-OH is 1. The highest BCUT2D eigenvalue weighted by molar-refractivity contribution is 5.62. The lowest BCUT2D eigenvalue weighted by Gasteiger charge is -2.03. The van der Waals surface area contributed by atoms with Crippen molar-refractivity contribution >= 4 is 0 Å². The third kappa shape index (κ3) is 2.64. The average Bonchev–Trinajstić information content (AvgIpc) is 3.00. The zero-order chi connectivity index (χ0) is 14.7. The van der Waals surface area contributed by atoms with Crippen LogP contribution in [0.1, 0.15) is 5.56 Å². The Kier molecular flexibility index (Phi) is 3.66. The van der Waals surface area contributed by atoms with E-state index < -0.39 is 0 Å². The fourth-order valence-electron chi connectivity index (χ4n) is 2.14. The summed E-state index contributed by atoms with van der Waals surface area (Å²) in [7, 11) is 1.63. The minimum absolute atomic E-state index is 0.0691. The van der Waals surface area contributed by atoms with Gasteiger partial charge in [-0.2, -0.15) is 5.10 Å². The molecule has 0 aliphatic carbocycles. The van der Waals surface area contributed by atoms with E-state index in [9.17, 15) is 5.11 Å². The zero-order valence-corrected chi connectivity index (χ0v) is 11.6. The molecule has 1 N–H and O–H groups in total. The Morgan fingerprint density at radius 3 is 2.62 bits per heavy atom. The molecule has 21 heavy (non-hydrogen) atoms. The van der Waals surface area contributed by atoms with Gasteiger partial charge in [0.15, 0.2) is 0 Å². The van der Waals surface area contributed by atoms with Gasteiger partial charge in [-0.05, 0) is 36.4 Å². The van der Waals surface area contributed by atoms with Gasteiger partial charge in [0.05, 0.1) is 25.1 Å². The monoisotopic (exact) mass is 281 g/mol. The molecule has 3 rings (SSSR count). The van der Waals surface area contributed by atoms with Crippen molar-refractivity contribution in [2.75, 3.05) is 7.11 Å². The van der Waals surface area contributed by atoms with Crippen molar-refractivity contribution in [3.8, 4) is 22.7 Å². The van der Waals surface area contributed by atoms with Crippen LogP contribution in [0.2, 0.25) is 0 Å². The van der Waals surface area contributed by atoms with E-state index in [2.05, 4.69) is 10.1 Å². The van der Waals surface area contributed by atoms with Gasteiger partial charge in [0.25, 0.3) is 0 Å². The third-order valence-electron chi connectivity index (χ3n) is 3.23.